The maximum atomic E-state index is 13.2. The van der Waals surface area contributed by atoms with Crippen molar-refractivity contribution in [3.63, 3.8) is 0 Å². The summed E-state index contributed by atoms with van der Waals surface area (Å²) in [7, 11) is -3.13. The quantitative estimate of drug-likeness (QED) is 0.545. The van der Waals surface area contributed by atoms with Gasteiger partial charge in [-0.3, -0.25) is 9.69 Å². The Hall–Kier alpha value is -2.76. The number of rotatable bonds is 4. The highest BCUT2D eigenvalue weighted by Crippen LogP contribution is 2.37. The second-order valence-electron chi connectivity index (χ2n) is 7.64. The van der Waals surface area contributed by atoms with E-state index in [0.717, 1.165) is 5.56 Å². The topological polar surface area (TPSA) is 62.1 Å². The molecule has 1 saturated heterocycles. The van der Waals surface area contributed by atoms with Gasteiger partial charge in [-0.2, -0.15) is 0 Å². The fourth-order valence-electron chi connectivity index (χ4n) is 3.40. The Morgan fingerprint density at radius 3 is 2.21 bits per heavy atom. The highest BCUT2D eigenvalue weighted by molar-refractivity contribution is 7.89. The molecule has 1 fully saturated rings. The number of anilines is 2. The highest BCUT2D eigenvalue weighted by atomic mass is 32.2. The van der Waals surface area contributed by atoms with Gasteiger partial charge in [-0.25, -0.2) is 13.3 Å². The Bertz CT molecular complexity index is 1150. The molecule has 0 aromatic heterocycles. The number of aryl methyl sites for hydroxylation is 1. The molecule has 29 heavy (non-hydrogen) atoms. The van der Waals surface area contributed by atoms with Crippen LogP contribution in [0.2, 0.25) is 0 Å². The lowest BCUT2D eigenvalue weighted by molar-refractivity contribution is -0.120. The first-order valence-electron chi connectivity index (χ1n) is 8.89. The minimum absolute atomic E-state index is 0.0428. The monoisotopic (exact) mass is 427 g/mol. The molecule has 2 aromatic carbocycles. The summed E-state index contributed by atoms with van der Waals surface area (Å²) in [6.45, 7) is 12.6. The summed E-state index contributed by atoms with van der Waals surface area (Å²) in [6.07, 6.45) is 1.19. The SMILES string of the molecule is [C-]#[N+]c1ccc(N2C(=O)C(C)(C)N(c3ccc(CS(C)(=O)=O)cc3)C2=S)cc1C. The van der Waals surface area contributed by atoms with E-state index < -0.39 is 15.4 Å². The lowest BCUT2D eigenvalue weighted by Crippen LogP contribution is -2.44. The van der Waals surface area contributed by atoms with Gasteiger partial charge in [0.25, 0.3) is 5.91 Å². The molecule has 3 rings (SSSR count). The molecular formula is C21H21N3O3S2. The predicted molar refractivity (Wildman–Crippen MR) is 119 cm³/mol. The zero-order chi connectivity index (χ0) is 21.6. The first-order chi connectivity index (χ1) is 13.5. The zero-order valence-corrected chi connectivity index (χ0v) is 18.3. The van der Waals surface area contributed by atoms with Crippen molar-refractivity contribution in [2.75, 3.05) is 16.1 Å². The van der Waals surface area contributed by atoms with Crippen LogP contribution in [-0.4, -0.2) is 31.2 Å². The van der Waals surface area contributed by atoms with Gasteiger partial charge in [-0.1, -0.05) is 18.2 Å². The van der Waals surface area contributed by atoms with Crippen LogP contribution in [0.5, 0.6) is 0 Å². The lowest BCUT2D eigenvalue weighted by atomic mass is 10.0. The van der Waals surface area contributed by atoms with Crippen LogP contribution in [-0.2, 0) is 20.4 Å². The lowest BCUT2D eigenvalue weighted by Gasteiger charge is -2.29. The summed E-state index contributed by atoms with van der Waals surface area (Å²) in [4.78, 5) is 19.9. The summed E-state index contributed by atoms with van der Waals surface area (Å²) in [6, 6.07) is 12.2. The van der Waals surface area contributed by atoms with Gasteiger partial charge < -0.3 is 4.90 Å². The fraction of sp³-hybridized carbons (Fsp3) is 0.286. The molecular weight excluding hydrogens is 406 g/mol. The van der Waals surface area contributed by atoms with Gasteiger partial charge in [0, 0.05) is 17.6 Å². The van der Waals surface area contributed by atoms with Gasteiger partial charge in [0.05, 0.1) is 12.3 Å². The van der Waals surface area contributed by atoms with Gasteiger partial charge in [0.15, 0.2) is 20.6 Å². The number of thiocarbonyl (C=S) groups is 1. The average Bonchev–Trinajstić information content (AvgIpc) is 2.79. The van der Waals surface area contributed by atoms with Crippen molar-refractivity contribution < 1.29 is 13.2 Å². The summed E-state index contributed by atoms with van der Waals surface area (Å²) >= 11 is 5.65. The van der Waals surface area contributed by atoms with Crippen molar-refractivity contribution in [1.29, 1.82) is 0 Å². The molecule has 0 saturated carbocycles. The van der Waals surface area contributed by atoms with Crippen molar-refractivity contribution in [3.8, 4) is 0 Å². The van der Waals surface area contributed by atoms with Gasteiger partial charge in [-0.15, -0.1) is 0 Å². The van der Waals surface area contributed by atoms with Crippen molar-refractivity contribution in [2.45, 2.75) is 32.1 Å². The van der Waals surface area contributed by atoms with E-state index in [1.807, 2.05) is 6.92 Å². The smallest absolute Gasteiger partial charge is 0.259 e. The van der Waals surface area contributed by atoms with Crippen molar-refractivity contribution >= 4 is 50.1 Å². The van der Waals surface area contributed by atoms with Gasteiger partial charge in [0.1, 0.15) is 5.54 Å². The molecule has 8 heteroatoms. The number of benzene rings is 2. The Kier molecular flexibility index (Phi) is 5.24. The Labute approximate surface area is 176 Å². The minimum atomic E-state index is -3.13. The van der Waals surface area contributed by atoms with E-state index in [-0.39, 0.29) is 11.7 Å². The van der Waals surface area contributed by atoms with Crippen LogP contribution in [0, 0.1) is 13.5 Å². The molecule has 1 heterocycles. The number of nitrogens with zero attached hydrogens (tertiary/aromatic N) is 3. The van der Waals surface area contributed by atoms with Crippen LogP contribution in [0.1, 0.15) is 25.0 Å². The second kappa shape index (κ2) is 7.25. The summed E-state index contributed by atoms with van der Waals surface area (Å²) in [5.41, 5.74) is 2.39. The number of carbonyl (C=O) groups excluding carboxylic acids is 1. The third-order valence-corrected chi connectivity index (χ3v) is 6.07. The molecule has 6 nitrogen and oxygen atoms in total. The van der Waals surface area contributed by atoms with Crippen LogP contribution in [0.4, 0.5) is 17.1 Å². The highest BCUT2D eigenvalue weighted by Gasteiger charge is 2.50. The molecule has 0 N–H and O–H groups in total. The van der Waals surface area contributed by atoms with E-state index in [4.69, 9.17) is 18.8 Å². The third-order valence-electron chi connectivity index (χ3n) is 4.85. The van der Waals surface area contributed by atoms with Crippen molar-refractivity contribution in [2.24, 2.45) is 0 Å². The van der Waals surface area contributed by atoms with E-state index >= 15 is 0 Å². The number of carbonyl (C=O) groups is 1. The zero-order valence-electron chi connectivity index (χ0n) is 16.6. The number of amides is 1. The molecule has 0 unspecified atom stereocenters. The number of hydrogen-bond acceptors (Lipinski definition) is 4. The molecule has 0 spiro atoms. The molecule has 0 radical (unpaired) electrons. The predicted octanol–water partition coefficient (Wildman–Crippen LogP) is 4.01. The molecule has 150 valence electrons. The Morgan fingerprint density at radius 1 is 1.10 bits per heavy atom. The molecule has 0 aliphatic carbocycles. The van der Waals surface area contributed by atoms with Crippen molar-refractivity contribution in [1.82, 2.24) is 0 Å². The van der Waals surface area contributed by atoms with Crippen LogP contribution >= 0.6 is 12.2 Å². The van der Waals surface area contributed by atoms with Gasteiger partial charge >= 0.3 is 0 Å². The summed E-state index contributed by atoms with van der Waals surface area (Å²) in [5.74, 6) is -0.212. The summed E-state index contributed by atoms with van der Waals surface area (Å²) in [5, 5.41) is 0.339. The largest absolute Gasteiger partial charge is 0.304 e. The van der Waals surface area contributed by atoms with E-state index in [1.165, 1.54) is 11.2 Å². The van der Waals surface area contributed by atoms with Crippen LogP contribution < -0.4 is 9.80 Å². The third kappa shape index (κ3) is 3.88. The molecule has 1 aliphatic rings. The van der Waals surface area contributed by atoms with Crippen LogP contribution in [0.25, 0.3) is 4.85 Å². The van der Waals surface area contributed by atoms with Crippen LogP contribution in [0.3, 0.4) is 0 Å². The van der Waals surface area contributed by atoms with E-state index in [1.54, 1.807) is 61.2 Å². The molecule has 0 bridgehead atoms. The van der Waals surface area contributed by atoms with E-state index in [9.17, 15) is 13.2 Å². The van der Waals surface area contributed by atoms with Crippen molar-refractivity contribution in [3.05, 3.63) is 65.0 Å². The molecule has 2 aromatic rings. The Morgan fingerprint density at radius 2 is 1.69 bits per heavy atom. The first-order valence-corrected chi connectivity index (χ1v) is 11.4. The second-order valence-corrected chi connectivity index (χ2v) is 10.1. The van der Waals surface area contributed by atoms with Gasteiger partial charge in [0.2, 0.25) is 0 Å². The maximum Gasteiger partial charge on any atom is 0.259 e. The molecule has 1 aliphatic heterocycles. The standard InChI is InChI=1S/C21H21N3O3S2/c1-14-12-17(10-11-18(14)22-4)23-19(25)21(2,3)24(20(23)28)16-8-6-15(7-9-16)13-29(5,26)27/h6-12H,13H2,1-3,5H3. The number of sulfone groups is 1. The minimum Gasteiger partial charge on any atom is -0.304 e. The van der Waals surface area contributed by atoms with E-state index in [2.05, 4.69) is 4.85 Å². The maximum absolute atomic E-state index is 13.2. The summed E-state index contributed by atoms with van der Waals surface area (Å²) < 4.78 is 23.0. The number of hydrogen-bond donors (Lipinski definition) is 0. The fourth-order valence-corrected chi connectivity index (χ4v) is 4.72. The average molecular weight is 428 g/mol. The normalized spacial score (nSPS) is 16.2. The first kappa shape index (κ1) is 21.0. The molecule has 0 atom stereocenters. The molecule has 1 amide bonds. The Balaban J connectivity index is 1.99. The van der Waals surface area contributed by atoms with Gasteiger partial charge in [-0.05, 0) is 68.4 Å². The van der Waals surface area contributed by atoms with E-state index in [0.29, 0.717) is 27.7 Å². The van der Waals surface area contributed by atoms with Crippen LogP contribution in [0.15, 0.2) is 42.5 Å².